The molecule has 0 fully saturated rings. The molecule has 2 aromatic rings. The lowest BCUT2D eigenvalue weighted by molar-refractivity contribution is -0.131. The number of ether oxygens (including phenoxy) is 3. The highest BCUT2D eigenvalue weighted by Crippen LogP contribution is 2.28. The Labute approximate surface area is 153 Å². The fourth-order valence-corrected chi connectivity index (χ4v) is 2.43. The number of hydrogen-bond donors (Lipinski definition) is 1. The number of carboxylic acids is 1. The fraction of sp³-hybridized carbons (Fsp3) is 0.286. The molecule has 0 bridgehead atoms. The molecule has 0 saturated carbocycles. The molecular weight excluding hydrogens is 332 g/mol. The molecule has 0 aliphatic rings. The molecule has 5 nitrogen and oxygen atoms in total. The minimum atomic E-state index is -0.996. The normalized spacial score (nSPS) is 10.7. The lowest BCUT2D eigenvalue weighted by atomic mass is 10.1. The average Bonchev–Trinajstić information content (AvgIpc) is 2.65. The van der Waals surface area contributed by atoms with Crippen LogP contribution in [0.5, 0.6) is 17.2 Å². The summed E-state index contributed by atoms with van der Waals surface area (Å²) >= 11 is 0. The standard InChI is InChI=1S/C21H24O5/c1-3-4-16-5-9-18(10-6-16)25-13-14-26-19-11-7-17(8-12-21(22)23)15-20(19)24-2/h5-12,15H,3-4,13-14H2,1-2H3,(H,22,23). The van der Waals surface area contributed by atoms with Gasteiger partial charge in [0.05, 0.1) is 7.11 Å². The number of rotatable bonds is 10. The maximum Gasteiger partial charge on any atom is 0.328 e. The first-order valence-electron chi connectivity index (χ1n) is 8.56. The molecule has 5 heteroatoms. The van der Waals surface area contributed by atoms with E-state index in [9.17, 15) is 4.79 Å². The topological polar surface area (TPSA) is 65.0 Å². The van der Waals surface area contributed by atoms with Crippen molar-refractivity contribution in [2.24, 2.45) is 0 Å². The van der Waals surface area contributed by atoms with Gasteiger partial charge in [0, 0.05) is 6.08 Å². The van der Waals surface area contributed by atoms with Crippen molar-refractivity contribution >= 4 is 12.0 Å². The molecule has 2 aromatic carbocycles. The van der Waals surface area contributed by atoms with Gasteiger partial charge in [-0.1, -0.05) is 31.5 Å². The number of benzene rings is 2. The molecule has 0 radical (unpaired) electrons. The second-order valence-corrected chi connectivity index (χ2v) is 5.67. The van der Waals surface area contributed by atoms with Crippen LogP contribution >= 0.6 is 0 Å². The second kappa shape index (κ2) is 10.1. The Balaban J connectivity index is 1.85. The second-order valence-electron chi connectivity index (χ2n) is 5.67. The molecule has 0 spiro atoms. The van der Waals surface area contributed by atoms with Gasteiger partial charge in [-0.05, 0) is 47.9 Å². The van der Waals surface area contributed by atoms with Crippen LogP contribution in [0.3, 0.4) is 0 Å². The molecule has 0 amide bonds. The molecular formula is C21H24O5. The zero-order valence-corrected chi connectivity index (χ0v) is 15.1. The van der Waals surface area contributed by atoms with Crippen LogP contribution in [0.2, 0.25) is 0 Å². The lowest BCUT2D eigenvalue weighted by Crippen LogP contribution is -2.09. The maximum absolute atomic E-state index is 10.6. The van der Waals surface area contributed by atoms with Gasteiger partial charge in [0.25, 0.3) is 0 Å². The van der Waals surface area contributed by atoms with Crippen molar-refractivity contribution in [2.75, 3.05) is 20.3 Å². The van der Waals surface area contributed by atoms with E-state index in [-0.39, 0.29) is 0 Å². The number of carbonyl (C=O) groups is 1. The zero-order valence-electron chi connectivity index (χ0n) is 15.1. The third kappa shape index (κ3) is 6.16. The van der Waals surface area contributed by atoms with E-state index in [2.05, 4.69) is 19.1 Å². The van der Waals surface area contributed by atoms with Gasteiger partial charge in [-0.15, -0.1) is 0 Å². The van der Waals surface area contributed by atoms with Crippen LogP contribution in [0, 0.1) is 0 Å². The van der Waals surface area contributed by atoms with Gasteiger partial charge in [0.2, 0.25) is 0 Å². The number of aliphatic carboxylic acids is 1. The summed E-state index contributed by atoms with van der Waals surface area (Å²) in [5.41, 5.74) is 2.03. The van der Waals surface area contributed by atoms with E-state index in [4.69, 9.17) is 19.3 Å². The molecule has 0 saturated heterocycles. The highest BCUT2D eigenvalue weighted by atomic mass is 16.5. The predicted octanol–water partition coefficient (Wildman–Crippen LogP) is 4.20. The van der Waals surface area contributed by atoms with Crippen LogP contribution in [0.4, 0.5) is 0 Å². The molecule has 1 N–H and O–H groups in total. The van der Waals surface area contributed by atoms with E-state index in [0.29, 0.717) is 24.7 Å². The van der Waals surface area contributed by atoms with E-state index < -0.39 is 5.97 Å². The first-order chi connectivity index (χ1) is 12.6. The monoisotopic (exact) mass is 356 g/mol. The van der Waals surface area contributed by atoms with E-state index in [0.717, 1.165) is 30.2 Å². The zero-order chi connectivity index (χ0) is 18.8. The maximum atomic E-state index is 10.6. The number of methoxy groups -OCH3 is 1. The Morgan fingerprint density at radius 1 is 1.04 bits per heavy atom. The van der Waals surface area contributed by atoms with Crippen molar-refractivity contribution in [1.82, 2.24) is 0 Å². The van der Waals surface area contributed by atoms with E-state index in [1.807, 2.05) is 12.1 Å². The van der Waals surface area contributed by atoms with Gasteiger partial charge in [-0.25, -0.2) is 4.79 Å². The Hall–Kier alpha value is -2.95. The van der Waals surface area contributed by atoms with Crippen LogP contribution in [0.15, 0.2) is 48.5 Å². The van der Waals surface area contributed by atoms with Crippen molar-refractivity contribution in [3.8, 4) is 17.2 Å². The molecule has 26 heavy (non-hydrogen) atoms. The molecule has 0 heterocycles. The van der Waals surface area contributed by atoms with E-state index in [1.54, 1.807) is 25.3 Å². The lowest BCUT2D eigenvalue weighted by Gasteiger charge is -2.12. The minimum Gasteiger partial charge on any atom is -0.493 e. The molecule has 2 rings (SSSR count). The Morgan fingerprint density at radius 2 is 1.77 bits per heavy atom. The van der Waals surface area contributed by atoms with Crippen molar-refractivity contribution < 1.29 is 24.1 Å². The summed E-state index contributed by atoms with van der Waals surface area (Å²) in [6, 6.07) is 13.3. The van der Waals surface area contributed by atoms with Crippen LogP contribution in [-0.4, -0.2) is 31.4 Å². The van der Waals surface area contributed by atoms with E-state index >= 15 is 0 Å². The molecule has 0 unspecified atom stereocenters. The summed E-state index contributed by atoms with van der Waals surface area (Å²) < 4.78 is 16.7. The molecule has 0 aliphatic heterocycles. The van der Waals surface area contributed by atoms with Gasteiger partial charge in [0.1, 0.15) is 19.0 Å². The summed E-state index contributed by atoms with van der Waals surface area (Å²) in [4.78, 5) is 10.6. The van der Waals surface area contributed by atoms with E-state index in [1.165, 1.54) is 11.6 Å². The fourth-order valence-electron chi connectivity index (χ4n) is 2.43. The molecule has 0 aliphatic carbocycles. The summed E-state index contributed by atoms with van der Waals surface area (Å²) in [5.74, 6) is 0.946. The predicted molar refractivity (Wildman–Crippen MR) is 101 cm³/mol. The molecule has 0 atom stereocenters. The Bertz CT molecular complexity index is 735. The van der Waals surface area contributed by atoms with Crippen LogP contribution in [0.1, 0.15) is 24.5 Å². The number of aryl methyl sites for hydroxylation is 1. The summed E-state index contributed by atoms with van der Waals surface area (Å²) in [5, 5.41) is 8.68. The summed E-state index contributed by atoms with van der Waals surface area (Å²) in [6.07, 6.45) is 4.77. The number of hydrogen-bond acceptors (Lipinski definition) is 4. The third-order valence-corrected chi connectivity index (χ3v) is 3.68. The third-order valence-electron chi connectivity index (χ3n) is 3.68. The van der Waals surface area contributed by atoms with Gasteiger partial charge < -0.3 is 19.3 Å². The van der Waals surface area contributed by atoms with Crippen molar-refractivity contribution in [2.45, 2.75) is 19.8 Å². The highest BCUT2D eigenvalue weighted by Gasteiger charge is 2.05. The SMILES string of the molecule is CCCc1ccc(OCCOc2ccc(C=CC(=O)O)cc2OC)cc1. The molecule has 138 valence electrons. The van der Waals surface area contributed by atoms with Crippen LogP contribution < -0.4 is 14.2 Å². The van der Waals surface area contributed by atoms with Crippen molar-refractivity contribution in [3.63, 3.8) is 0 Å². The molecule has 0 aromatic heterocycles. The quantitative estimate of drug-likeness (QED) is 0.510. The first-order valence-corrected chi connectivity index (χ1v) is 8.56. The van der Waals surface area contributed by atoms with Gasteiger partial charge in [-0.2, -0.15) is 0 Å². The number of carboxylic acid groups (broad SMARTS) is 1. The van der Waals surface area contributed by atoms with Gasteiger partial charge in [0.15, 0.2) is 11.5 Å². The summed E-state index contributed by atoms with van der Waals surface area (Å²) in [7, 11) is 1.54. The summed E-state index contributed by atoms with van der Waals surface area (Å²) in [6.45, 7) is 2.94. The first kappa shape index (κ1) is 19.4. The Kier molecular flexibility index (Phi) is 7.55. The van der Waals surface area contributed by atoms with Crippen LogP contribution in [-0.2, 0) is 11.2 Å². The van der Waals surface area contributed by atoms with Crippen molar-refractivity contribution in [1.29, 1.82) is 0 Å². The minimum absolute atomic E-state index is 0.372. The largest absolute Gasteiger partial charge is 0.493 e. The average molecular weight is 356 g/mol. The smallest absolute Gasteiger partial charge is 0.328 e. The van der Waals surface area contributed by atoms with Gasteiger partial charge in [-0.3, -0.25) is 0 Å². The Morgan fingerprint density at radius 3 is 2.42 bits per heavy atom. The van der Waals surface area contributed by atoms with Crippen LogP contribution in [0.25, 0.3) is 6.08 Å². The van der Waals surface area contributed by atoms with Gasteiger partial charge >= 0.3 is 5.97 Å². The van der Waals surface area contributed by atoms with Crippen molar-refractivity contribution in [3.05, 3.63) is 59.7 Å². The highest BCUT2D eigenvalue weighted by molar-refractivity contribution is 5.85.